The summed E-state index contributed by atoms with van der Waals surface area (Å²) < 4.78 is 25.7. The second-order valence-corrected chi connectivity index (χ2v) is 9.24. The maximum atomic E-state index is 13.5. The van der Waals surface area contributed by atoms with Crippen LogP contribution in [-0.2, 0) is 42.9 Å². The Morgan fingerprint density at radius 3 is 2.04 bits per heavy atom. The van der Waals surface area contributed by atoms with E-state index in [1.165, 1.54) is 52.1 Å². The van der Waals surface area contributed by atoms with Gasteiger partial charge in [0.05, 0.1) is 40.7 Å². The molecule has 1 heterocycles. The van der Waals surface area contributed by atoms with Crippen LogP contribution in [0.1, 0.15) is 59.9 Å². The normalized spacial score (nSPS) is 14.9. The number of benzene rings is 1. The number of nitro benzene ring substituents is 1. The smallest absolute Gasteiger partial charge is 0.545 e. The Bertz CT molecular complexity index is 1380. The van der Waals surface area contributed by atoms with Crippen molar-refractivity contribution in [1.29, 1.82) is 0 Å². The fourth-order valence-electron chi connectivity index (χ4n) is 4.14. The molecule has 1 amide bonds. The van der Waals surface area contributed by atoms with Crippen LogP contribution in [-0.4, -0.2) is 72.5 Å². The summed E-state index contributed by atoms with van der Waals surface area (Å²) in [5.74, 6) is -5.96. The van der Waals surface area contributed by atoms with E-state index in [1.807, 2.05) is 13.8 Å². The Kier molecular flexibility index (Phi) is 19.1. The average molecular weight is 673 g/mol. The van der Waals surface area contributed by atoms with E-state index in [0.717, 1.165) is 4.90 Å². The average Bonchev–Trinajstić information content (AvgIpc) is 2.96. The van der Waals surface area contributed by atoms with E-state index < -0.39 is 53.2 Å². The summed E-state index contributed by atoms with van der Waals surface area (Å²) in [7, 11) is 1.39. The molecule has 246 valence electrons. The van der Waals surface area contributed by atoms with E-state index in [-0.39, 0.29) is 98.4 Å². The molecule has 0 N–H and O–H groups in total. The summed E-state index contributed by atoms with van der Waals surface area (Å²) in [6.07, 6.45) is -2.40. The molecule has 1 aliphatic heterocycles. The van der Waals surface area contributed by atoms with Crippen LogP contribution < -0.4 is 56.5 Å². The van der Waals surface area contributed by atoms with Crippen LogP contribution >= 0.6 is 0 Å². The Morgan fingerprint density at radius 2 is 1.52 bits per heavy atom. The van der Waals surface area contributed by atoms with Gasteiger partial charge < -0.3 is 33.6 Å². The quantitative estimate of drug-likeness (QED) is 0.0422. The maximum Gasteiger partial charge on any atom is 1.00 e. The number of carboxylic acid groups (broad SMARTS) is 1. The van der Waals surface area contributed by atoms with Crippen LogP contribution in [0.5, 0.6) is 0 Å². The minimum atomic E-state index is -1.65. The van der Waals surface area contributed by atoms with Gasteiger partial charge in [0.2, 0.25) is 6.29 Å². The number of carbonyl (C=O) groups is 5. The number of ether oxygens (including phenoxy) is 5. The minimum absolute atomic E-state index is 0. The Balaban J connectivity index is 0.00000661. The SMILES string of the molecule is CC.COCCOC(=O)C1=C(C)N(C(=O)OC(C)OC(=O)/C=C/C(=O)[O-])C(C)=C(C(=O)OC(C)C)C1c1cccc([N+](=O)[O-])c1.[K+]. The number of amides is 1. The first-order chi connectivity index (χ1) is 21.2. The van der Waals surface area contributed by atoms with Gasteiger partial charge in [-0.25, -0.2) is 19.2 Å². The van der Waals surface area contributed by atoms with E-state index in [2.05, 4.69) is 0 Å². The molecule has 1 aliphatic rings. The molecule has 1 aromatic rings. The van der Waals surface area contributed by atoms with Crippen molar-refractivity contribution >= 4 is 35.7 Å². The van der Waals surface area contributed by atoms with Gasteiger partial charge in [-0.15, -0.1) is 0 Å². The number of aliphatic carboxylic acids is 1. The second kappa shape index (κ2) is 20.7. The summed E-state index contributed by atoms with van der Waals surface area (Å²) in [5, 5.41) is 22.1. The van der Waals surface area contributed by atoms with Gasteiger partial charge in [0.15, 0.2) is 0 Å². The summed E-state index contributed by atoms with van der Waals surface area (Å²) in [5.41, 5.74) is -0.696. The van der Waals surface area contributed by atoms with Crippen LogP contribution in [0.2, 0.25) is 0 Å². The fourth-order valence-corrected chi connectivity index (χ4v) is 4.14. The summed E-state index contributed by atoms with van der Waals surface area (Å²) in [6.45, 7) is 10.9. The van der Waals surface area contributed by atoms with E-state index in [0.29, 0.717) is 12.2 Å². The molecule has 16 heteroatoms. The van der Waals surface area contributed by atoms with E-state index >= 15 is 0 Å². The summed E-state index contributed by atoms with van der Waals surface area (Å²) >= 11 is 0. The van der Waals surface area contributed by atoms with Gasteiger partial charge in [-0.05, 0) is 39.3 Å². The monoisotopic (exact) mass is 672 g/mol. The molecule has 2 atom stereocenters. The maximum absolute atomic E-state index is 13.5. The standard InChI is InChI=1S/C28H32N2O13.C2H6.K/c1-15(2)41-27(35)24-17(4)29(28(36)43-18(5)42-22(33)11-10-21(31)32)16(3)23(26(34)40-13-12-39-6)25(24)19-8-7-9-20(14-19)30(37)38;1-2;/h7-11,14-15,18,25H,12-13H2,1-6H3,(H,31,32);1-2H3;/q;;+1/p-1/b11-10+;;. The number of carbonyl (C=O) groups excluding carboxylic acids is 5. The molecule has 1 aromatic carbocycles. The van der Waals surface area contributed by atoms with Crippen molar-refractivity contribution in [2.45, 2.75) is 66.8 Å². The van der Waals surface area contributed by atoms with E-state index in [4.69, 9.17) is 23.7 Å². The van der Waals surface area contributed by atoms with Gasteiger partial charge in [-0.1, -0.05) is 26.0 Å². The number of hydrogen-bond donors (Lipinski definition) is 0. The third-order valence-electron chi connectivity index (χ3n) is 5.83. The number of methoxy groups -OCH3 is 1. The van der Waals surface area contributed by atoms with Crippen molar-refractivity contribution < 1.29 is 109 Å². The Hall–Kier alpha value is -3.41. The molecule has 0 fully saturated rings. The first-order valence-electron chi connectivity index (χ1n) is 13.8. The number of carboxylic acids is 1. The van der Waals surface area contributed by atoms with Crippen molar-refractivity contribution in [2.24, 2.45) is 0 Å². The molecule has 0 bridgehead atoms. The number of esters is 3. The molecule has 0 aromatic heterocycles. The first-order valence-corrected chi connectivity index (χ1v) is 13.8. The van der Waals surface area contributed by atoms with Gasteiger partial charge in [0.25, 0.3) is 5.69 Å². The molecule has 0 radical (unpaired) electrons. The number of allylic oxidation sites excluding steroid dienone is 2. The van der Waals surface area contributed by atoms with Crippen molar-refractivity contribution in [1.82, 2.24) is 4.90 Å². The van der Waals surface area contributed by atoms with Gasteiger partial charge >= 0.3 is 75.4 Å². The van der Waals surface area contributed by atoms with Crippen molar-refractivity contribution in [3.63, 3.8) is 0 Å². The molecular weight excluding hydrogens is 635 g/mol. The zero-order valence-electron chi connectivity index (χ0n) is 27.3. The number of hydrogen-bond acceptors (Lipinski definition) is 13. The second-order valence-electron chi connectivity index (χ2n) is 9.24. The molecule has 0 saturated carbocycles. The Labute approximate surface area is 309 Å². The molecule has 0 aliphatic carbocycles. The predicted octanol–water partition coefficient (Wildman–Crippen LogP) is 0.0453. The zero-order valence-corrected chi connectivity index (χ0v) is 30.4. The van der Waals surface area contributed by atoms with Crippen LogP contribution in [0.4, 0.5) is 10.5 Å². The molecule has 2 rings (SSSR count). The predicted molar refractivity (Wildman–Crippen MR) is 155 cm³/mol. The first kappa shape index (κ1) is 42.6. The van der Waals surface area contributed by atoms with Crippen molar-refractivity contribution in [3.8, 4) is 0 Å². The van der Waals surface area contributed by atoms with E-state index in [9.17, 15) is 39.2 Å². The van der Waals surface area contributed by atoms with Crippen LogP contribution in [0, 0.1) is 10.1 Å². The zero-order chi connectivity index (χ0) is 34.4. The fraction of sp³-hybridized carbons (Fsp3) is 0.433. The van der Waals surface area contributed by atoms with Gasteiger partial charge in [0, 0.05) is 43.6 Å². The third kappa shape index (κ3) is 12.1. The van der Waals surface area contributed by atoms with Gasteiger partial charge in [0.1, 0.15) is 6.61 Å². The largest absolute Gasteiger partial charge is 1.00 e. The van der Waals surface area contributed by atoms with Crippen molar-refractivity contribution in [2.75, 3.05) is 20.3 Å². The van der Waals surface area contributed by atoms with Crippen LogP contribution in [0.3, 0.4) is 0 Å². The molecular formula is C30H37KN2O13. The third-order valence-corrected chi connectivity index (χ3v) is 5.83. The number of rotatable bonds is 12. The summed E-state index contributed by atoms with van der Waals surface area (Å²) in [6, 6.07) is 5.27. The van der Waals surface area contributed by atoms with Crippen LogP contribution in [0.15, 0.2) is 59.0 Å². The van der Waals surface area contributed by atoms with Gasteiger partial charge in [-0.3, -0.25) is 15.0 Å². The van der Waals surface area contributed by atoms with E-state index in [1.54, 1.807) is 13.8 Å². The Morgan fingerprint density at radius 1 is 0.935 bits per heavy atom. The number of nitrogens with zero attached hydrogens (tertiary/aromatic N) is 2. The molecule has 46 heavy (non-hydrogen) atoms. The van der Waals surface area contributed by atoms with Crippen molar-refractivity contribution in [3.05, 3.63) is 74.6 Å². The van der Waals surface area contributed by atoms with Gasteiger partial charge in [-0.2, -0.15) is 0 Å². The molecule has 0 saturated heterocycles. The number of non-ortho nitro benzene ring substituents is 1. The molecule has 0 spiro atoms. The topological polar surface area (TPSA) is 201 Å². The number of nitro groups is 1. The molecule has 2 unspecified atom stereocenters. The summed E-state index contributed by atoms with van der Waals surface area (Å²) in [4.78, 5) is 74.5. The van der Waals surface area contributed by atoms with Crippen LogP contribution in [0.25, 0.3) is 0 Å². The minimum Gasteiger partial charge on any atom is -0.545 e. The molecule has 15 nitrogen and oxygen atoms in total.